The van der Waals surface area contributed by atoms with E-state index in [9.17, 15) is 0 Å². The molecule has 3 heterocycles. The number of hydrogen-bond acceptors (Lipinski definition) is 5. The van der Waals surface area contributed by atoms with E-state index in [2.05, 4.69) is 5.32 Å². The van der Waals surface area contributed by atoms with Gasteiger partial charge in [-0.05, 0) is 43.4 Å². The third-order valence-corrected chi connectivity index (χ3v) is 6.85. The molecule has 1 atom stereocenters. The number of hydrogen-bond donors (Lipinski definition) is 1. The molecule has 2 aromatic heterocycles. The Morgan fingerprint density at radius 2 is 2.10 bits per heavy atom. The molecule has 1 aliphatic heterocycles. The van der Waals surface area contributed by atoms with Crippen LogP contribution in [0.1, 0.15) is 47.2 Å². The molecule has 1 saturated heterocycles. The third-order valence-electron chi connectivity index (χ3n) is 4.29. The normalized spacial score (nSPS) is 22.1. The molecule has 0 amide bonds. The molecule has 3 nitrogen and oxygen atoms in total. The van der Waals surface area contributed by atoms with Gasteiger partial charge in [0.1, 0.15) is 16.5 Å². The topological polar surface area (TPSA) is 37.8 Å². The summed E-state index contributed by atoms with van der Waals surface area (Å²) in [7, 11) is 1.98. The fourth-order valence-corrected chi connectivity index (χ4v) is 5.79. The van der Waals surface area contributed by atoms with Crippen LogP contribution in [-0.2, 0) is 12.8 Å². The zero-order valence-electron chi connectivity index (χ0n) is 11.7. The van der Waals surface area contributed by atoms with Crippen LogP contribution in [0.3, 0.4) is 0 Å². The van der Waals surface area contributed by atoms with Gasteiger partial charge in [-0.1, -0.05) is 6.42 Å². The molecule has 1 unspecified atom stereocenters. The number of aryl methyl sites for hydroxylation is 2. The first-order chi connectivity index (χ1) is 9.86. The Morgan fingerprint density at radius 1 is 1.15 bits per heavy atom. The maximum Gasteiger partial charge on any atom is 0.145 e. The summed E-state index contributed by atoms with van der Waals surface area (Å²) in [6, 6.07) is 0. The van der Waals surface area contributed by atoms with Crippen molar-refractivity contribution in [1.82, 2.24) is 9.97 Å². The lowest BCUT2D eigenvalue weighted by atomic mass is 10.1. The smallest absolute Gasteiger partial charge is 0.145 e. The highest BCUT2D eigenvalue weighted by atomic mass is 32.2. The lowest BCUT2D eigenvalue weighted by Gasteiger charge is -2.20. The maximum atomic E-state index is 4.92. The van der Waals surface area contributed by atoms with Crippen molar-refractivity contribution in [2.24, 2.45) is 0 Å². The van der Waals surface area contributed by atoms with Gasteiger partial charge in [-0.15, -0.1) is 11.3 Å². The summed E-state index contributed by atoms with van der Waals surface area (Å²) in [6.07, 6.45) is 7.60. The Morgan fingerprint density at radius 3 is 2.90 bits per heavy atom. The fraction of sp³-hybridized carbons (Fsp3) is 0.600. The summed E-state index contributed by atoms with van der Waals surface area (Å²) in [4.78, 5) is 12.5. The Balaban J connectivity index is 1.84. The molecule has 0 spiro atoms. The number of fused-ring (bicyclic) bond motifs is 3. The number of rotatable bonds is 2. The minimum atomic E-state index is 0.497. The first-order valence-electron chi connectivity index (χ1n) is 7.48. The van der Waals surface area contributed by atoms with Crippen molar-refractivity contribution in [1.29, 1.82) is 0 Å². The van der Waals surface area contributed by atoms with E-state index in [0.29, 0.717) is 5.25 Å². The Labute approximate surface area is 127 Å². The minimum absolute atomic E-state index is 0.497. The van der Waals surface area contributed by atoms with E-state index in [1.54, 1.807) is 4.88 Å². The van der Waals surface area contributed by atoms with Crippen LogP contribution in [0.15, 0.2) is 0 Å². The first-order valence-corrected chi connectivity index (χ1v) is 9.35. The van der Waals surface area contributed by atoms with E-state index in [-0.39, 0.29) is 0 Å². The van der Waals surface area contributed by atoms with Crippen LogP contribution < -0.4 is 5.32 Å². The molecule has 4 rings (SSSR count). The largest absolute Gasteiger partial charge is 0.372 e. The summed E-state index contributed by atoms with van der Waals surface area (Å²) in [5, 5.41) is 5.11. The average molecular weight is 305 g/mol. The molecule has 5 heteroatoms. The maximum absolute atomic E-state index is 4.92. The molecule has 106 valence electrons. The molecule has 0 radical (unpaired) electrons. The van der Waals surface area contributed by atoms with Crippen LogP contribution in [0.25, 0.3) is 10.2 Å². The van der Waals surface area contributed by atoms with Gasteiger partial charge < -0.3 is 5.32 Å². The first kappa shape index (κ1) is 12.9. The monoisotopic (exact) mass is 305 g/mol. The highest BCUT2D eigenvalue weighted by Crippen LogP contribution is 2.42. The molecule has 20 heavy (non-hydrogen) atoms. The SMILES string of the molecule is CNc1nc(C2CCCCS2)nc2sc3c(c12)CCC3. The predicted molar refractivity (Wildman–Crippen MR) is 88.0 cm³/mol. The van der Waals surface area contributed by atoms with Gasteiger partial charge in [0.25, 0.3) is 0 Å². The van der Waals surface area contributed by atoms with E-state index in [1.807, 2.05) is 30.1 Å². The second-order valence-electron chi connectivity index (χ2n) is 5.57. The van der Waals surface area contributed by atoms with Gasteiger partial charge >= 0.3 is 0 Å². The summed E-state index contributed by atoms with van der Waals surface area (Å²) >= 11 is 3.92. The molecule has 0 bridgehead atoms. The number of thioether (sulfide) groups is 1. The number of thiophene rings is 1. The Kier molecular flexibility index (Phi) is 3.34. The molecule has 0 aromatic carbocycles. The predicted octanol–water partition coefficient (Wildman–Crippen LogP) is 4.18. The van der Waals surface area contributed by atoms with Crippen LogP contribution in [0, 0.1) is 0 Å². The number of anilines is 1. The zero-order valence-corrected chi connectivity index (χ0v) is 13.4. The van der Waals surface area contributed by atoms with Crippen molar-refractivity contribution < 1.29 is 0 Å². The van der Waals surface area contributed by atoms with Crippen molar-refractivity contribution in [3.05, 3.63) is 16.3 Å². The van der Waals surface area contributed by atoms with Crippen LogP contribution in [0.4, 0.5) is 5.82 Å². The second kappa shape index (κ2) is 5.19. The molecular formula is C15H19N3S2. The molecular weight excluding hydrogens is 286 g/mol. The van der Waals surface area contributed by atoms with Crippen LogP contribution >= 0.6 is 23.1 Å². The molecule has 2 aromatic rings. The van der Waals surface area contributed by atoms with E-state index in [0.717, 1.165) is 11.6 Å². The van der Waals surface area contributed by atoms with Gasteiger partial charge in [0.15, 0.2) is 0 Å². The summed E-state index contributed by atoms with van der Waals surface area (Å²) in [5.74, 6) is 3.35. The van der Waals surface area contributed by atoms with Crippen molar-refractivity contribution in [3.63, 3.8) is 0 Å². The zero-order chi connectivity index (χ0) is 13.5. The number of aromatic nitrogens is 2. The second-order valence-corrected chi connectivity index (χ2v) is 7.97. The quantitative estimate of drug-likeness (QED) is 0.903. The lowest BCUT2D eigenvalue weighted by Crippen LogP contribution is -2.08. The standard InChI is InChI=1S/C15H19N3S2/c1-16-14-12-9-5-4-7-10(9)20-15(12)18-13(17-14)11-6-2-3-8-19-11/h11H,2-8H2,1H3,(H,16,17,18). The van der Waals surface area contributed by atoms with Crippen molar-refractivity contribution in [2.45, 2.75) is 43.8 Å². The van der Waals surface area contributed by atoms with E-state index < -0.39 is 0 Å². The van der Waals surface area contributed by atoms with E-state index >= 15 is 0 Å². The Hall–Kier alpha value is -0.810. The Bertz CT molecular complexity index is 644. The number of nitrogens with one attached hydrogen (secondary N) is 1. The number of nitrogens with zero attached hydrogens (tertiary/aromatic N) is 2. The van der Waals surface area contributed by atoms with Crippen LogP contribution in [-0.4, -0.2) is 22.8 Å². The van der Waals surface area contributed by atoms with Crippen molar-refractivity contribution in [2.75, 3.05) is 18.1 Å². The van der Waals surface area contributed by atoms with Crippen molar-refractivity contribution in [3.8, 4) is 0 Å². The molecule has 1 fully saturated rings. The summed E-state index contributed by atoms with van der Waals surface area (Å²) in [6.45, 7) is 0. The van der Waals surface area contributed by atoms with E-state index in [1.165, 1.54) is 60.1 Å². The van der Waals surface area contributed by atoms with Gasteiger partial charge in [0.2, 0.25) is 0 Å². The summed E-state index contributed by atoms with van der Waals surface area (Å²) < 4.78 is 0. The molecule has 0 saturated carbocycles. The molecule has 1 N–H and O–H groups in total. The summed E-state index contributed by atoms with van der Waals surface area (Å²) in [5.41, 5.74) is 1.51. The van der Waals surface area contributed by atoms with Gasteiger partial charge in [0.05, 0.1) is 10.6 Å². The van der Waals surface area contributed by atoms with Crippen LogP contribution in [0.2, 0.25) is 0 Å². The van der Waals surface area contributed by atoms with Gasteiger partial charge in [-0.3, -0.25) is 0 Å². The minimum Gasteiger partial charge on any atom is -0.372 e. The highest BCUT2D eigenvalue weighted by molar-refractivity contribution is 7.99. The van der Waals surface area contributed by atoms with Gasteiger partial charge in [-0.25, -0.2) is 9.97 Å². The van der Waals surface area contributed by atoms with Gasteiger partial charge in [0, 0.05) is 11.9 Å². The average Bonchev–Trinajstić information content (AvgIpc) is 3.07. The molecule has 2 aliphatic rings. The third kappa shape index (κ3) is 2.02. The molecule has 1 aliphatic carbocycles. The van der Waals surface area contributed by atoms with Crippen molar-refractivity contribution >= 4 is 39.1 Å². The highest BCUT2D eigenvalue weighted by Gasteiger charge is 2.25. The lowest BCUT2D eigenvalue weighted by molar-refractivity contribution is 0.665. The van der Waals surface area contributed by atoms with E-state index in [4.69, 9.17) is 9.97 Å². The van der Waals surface area contributed by atoms with Crippen LogP contribution in [0.5, 0.6) is 0 Å². The fourth-order valence-electron chi connectivity index (χ4n) is 3.28. The van der Waals surface area contributed by atoms with Gasteiger partial charge in [-0.2, -0.15) is 11.8 Å².